The first kappa shape index (κ1) is 14.2. The third-order valence-corrected chi connectivity index (χ3v) is 2.72. The van der Waals surface area contributed by atoms with Gasteiger partial charge in [0.1, 0.15) is 6.04 Å². The first-order valence-corrected chi connectivity index (χ1v) is 5.86. The largest absolute Gasteiger partial charge is 0.464 e. The Balaban J connectivity index is 2.80. The van der Waals surface area contributed by atoms with E-state index in [2.05, 4.69) is 10.4 Å². The topological polar surface area (TPSA) is 73.2 Å². The monoisotopic (exact) mass is 253 g/mol. The van der Waals surface area contributed by atoms with Crippen molar-refractivity contribution in [1.82, 2.24) is 15.1 Å². The van der Waals surface area contributed by atoms with Crippen molar-refractivity contribution in [2.45, 2.75) is 33.7 Å². The Kier molecular flexibility index (Phi) is 4.47. The first-order valence-electron chi connectivity index (χ1n) is 5.86. The maximum absolute atomic E-state index is 12.0. The zero-order valence-corrected chi connectivity index (χ0v) is 11.4. The average Bonchev–Trinajstić information content (AvgIpc) is 2.53. The van der Waals surface area contributed by atoms with Gasteiger partial charge in [-0.2, -0.15) is 5.10 Å². The van der Waals surface area contributed by atoms with Crippen LogP contribution in [0, 0.1) is 13.8 Å². The number of carbonyl (C=O) groups excluding carboxylic acids is 2. The summed E-state index contributed by atoms with van der Waals surface area (Å²) in [5.74, 6) is -0.747. The summed E-state index contributed by atoms with van der Waals surface area (Å²) in [6.45, 7) is 7.18. The molecule has 18 heavy (non-hydrogen) atoms. The van der Waals surface area contributed by atoms with Crippen molar-refractivity contribution in [1.29, 1.82) is 0 Å². The van der Waals surface area contributed by atoms with Crippen LogP contribution in [0.25, 0.3) is 0 Å². The van der Waals surface area contributed by atoms with E-state index in [0.717, 1.165) is 5.69 Å². The molecule has 100 valence electrons. The minimum absolute atomic E-state index is 0.296. The smallest absolute Gasteiger partial charge is 0.328 e. The van der Waals surface area contributed by atoms with Crippen LogP contribution in [0.3, 0.4) is 0 Å². The molecule has 0 saturated heterocycles. The fourth-order valence-corrected chi connectivity index (χ4v) is 1.70. The van der Waals surface area contributed by atoms with Crippen molar-refractivity contribution in [3.63, 3.8) is 0 Å². The van der Waals surface area contributed by atoms with E-state index in [1.165, 1.54) is 0 Å². The molecule has 6 nitrogen and oxygen atoms in total. The molecule has 0 fully saturated rings. The van der Waals surface area contributed by atoms with Crippen LogP contribution in [-0.2, 0) is 16.6 Å². The molecule has 0 aliphatic rings. The molecule has 0 saturated carbocycles. The van der Waals surface area contributed by atoms with E-state index < -0.39 is 12.0 Å². The second-order valence-electron chi connectivity index (χ2n) is 4.12. The van der Waals surface area contributed by atoms with Crippen LogP contribution >= 0.6 is 0 Å². The number of rotatable bonds is 4. The highest BCUT2D eigenvalue weighted by Gasteiger charge is 2.22. The van der Waals surface area contributed by atoms with E-state index in [1.54, 1.807) is 32.5 Å². The molecule has 6 heteroatoms. The number of aromatic nitrogens is 2. The van der Waals surface area contributed by atoms with Gasteiger partial charge in [0.2, 0.25) is 0 Å². The molecule has 0 aromatic carbocycles. The van der Waals surface area contributed by atoms with Gasteiger partial charge in [-0.25, -0.2) is 4.79 Å². The van der Waals surface area contributed by atoms with Crippen molar-refractivity contribution >= 4 is 11.9 Å². The zero-order valence-electron chi connectivity index (χ0n) is 11.4. The molecule has 0 radical (unpaired) electrons. The Hall–Kier alpha value is -1.85. The lowest BCUT2D eigenvalue weighted by molar-refractivity contribution is -0.144. The molecule has 1 rings (SSSR count). The molecular formula is C12H19N3O3. The summed E-state index contributed by atoms with van der Waals surface area (Å²) in [4.78, 5) is 23.5. The van der Waals surface area contributed by atoms with E-state index in [1.807, 2.05) is 6.92 Å². The summed E-state index contributed by atoms with van der Waals surface area (Å²) in [6.07, 6.45) is 0. The SMILES string of the molecule is CCOC(=O)C(C)NC(=O)c1c(C)nn(C)c1C. The van der Waals surface area contributed by atoms with E-state index in [0.29, 0.717) is 17.9 Å². The van der Waals surface area contributed by atoms with Gasteiger partial charge in [-0.3, -0.25) is 9.48 Å². The van der Waals surface area contributed by atoms with Crippen LogP contribution < -0.4 is 5.32 Å². The molecular weight excluding hydrogens is 234 g/mol. The average molecular weight is 253 g/mol. The molecule has 1 unspecified atom stereocenters. The van der Waals surface area contributed by atoms with Gasteiger partial charge in [-0.1, -0.05) is 0 Å². The lowest BCUT2D eigenvalue weighted by atomic mass is 10.1. The predicted octanol–water partition coefficient (Wildman–Crippen LogP) is 0.718. The van der Waals surface area contributed by atoms with E-state index in [4.69, 9.17) is 4.74 Å². The third-order valence-electron chi connectivity index (χ3n) is 2.72. The van der Waals surface area contributed by atoms with Crippen LogP contribution in [0.2, 0.25) is 0 Å². The number of carbonyl (C=O) groups is 2. The van der Waals surface area contributed by atoms with Gasteiger partial charge in [0.15, 0.2) is 0 Å². The van der Waals surface area contributed by atoms with Crippen LogP contribution in [0.1, 0.15) is 35.6 Å². The summed E-state index contributed by atoms with van der Waals surface area (Å²) in [6, 6.07) is -0.670. The highest BCUT2D eigenvalue weighted by molar-refractivity contribution is 5.98. The van der Waals surface area contributed by atoms with Gasteiger partial charge in [0.25, 0.3) is 5.91 Å². The van der Waals surface area contributed by atoms with Gasteiger partial charge in [0.05, 0.1) is 17.9 Å². The number of esters is 1. The quantitative estimate of drug-likeness (QED) is 0.802. The second-order valence-corrected chi connectivity index (χ2v) is 4.12. The predicted molar refractivity (Wildman–Crippen MR) is 66.2 cm³/mol. The van der Waals surface area contributed by atoms with Crippen molar-refractivity contribution in [3.05, 3.63) is 17.0 Å². The second kappa shape index (κ2) is 5.66. The third kappa shape index (κ3) is 2.88. The van der Waals surface area contributed by atoms with Crippen LogP contribution in [0.5, 0.6) is 0 Å². The number of amides is 1. The number of nitrogens with zero attached hydrogens (tertiary/aromatic N) is 2. The minimum Gasteiger partial charge on any atom is -0.464 e. The summed E-state index contributed by atoms with van der Waals surface area (Å²) in [7, 11) is 1.77. The Bertz CT molecular complexity index is 465. The highest BCUT2D eigenvalue weighted by Crippen LogP contribution is 2.11. The van der Waals surface area contributed by atoms with E-state index >= 15 is 0 Å². The molecule has 1 amide bonds. The Labute approximate surface area is 106 Å². The zero-order chi connectivity index (χ0) is 13.9. The Morgan fingerprint density at radius 2 is 2.06 bits per heavy atom. The summed E-state index contributed by atoms with van der Waals surface area (Å²) < 4.78 is 6.47. The molecule has 0 spiro atoms. The number of hydrogen-bond donors (Lipinski definition) is 1. The van der Waals surface area contributed by atoms with E-state index in [-0.39, 0.29) is 5.91 Å². The fourth-order valence-electron chi connectivity index (χ4n) is 1.70. The summed E-state index contributed by atoms with van der Waals surface area (Å²) in [5.41, 5.74) is 1.92. The van der Waals surface area contributed by atoms with Gasteiger partial charge in [0, 0.05) is 12.7 Å². The van der Waals surface area contributed by atoms with Crippen LogP contribution in [-0.4, -0.2) is 34.3 Å². The molecule has 1 N–H and O–H groups in total. The van der Waals surface area contributed by atoms with Gasteiger partial charge in [-0.05, 0) is 27.7 Å². The van der Waals surface area contributed by atoms with Crippen molar-refractivity contribution in [3.8, 4) is 0 Å². The molecule has 0 bridgehead atoms. The van der Waals surface area contributed by atoms with Crippen LogP contribution in [0.4, 0.5) is 0 Å². The first-order chi connectivity index (χ1) is 8.38. The molecule has 1 heterocycles. The van der Waals surface area contributed by atoms with Gasteiger partial charge in [-0.15, -0.1) is 0 Å². The molecule has 1 aromatic heterocycles. The van der Waals surface area contributed by atoms with Crippen molar-refractivity contribution in [2.24, 2.45) is 7.05 Å². The van der Waals surface area contributed by atoms with Gasteiger partial charge >= 0.3 is 5.97 Å². The maximum Gasteiger partial charge on any atom is 0.328 e. The Morgan fingerprint density at radius 1 is 1.44 bits per heavy atom. The Morgan fingerprint density at radius 3 is 2.50 bits per heavy atom. The normalized spacial score (nSPS) is 12.1. The molecule has 0 aliphatic heterocycles. The molecule has 1 atom stereocenters. The fraction of sp³-hybridized carbons (Fsp3) is 0.583. The van der Waals surface area contributed by atoms with Gasteiger partial charge < -0.3 is 10.1 Å². The minimum atomic E-state index is -0.670. The number of aryl methyl sites for hydroxylation is 2. The molecule has 1 aromatic rings. The standard InChI is InChI=1S/C12H19N3O3/c1-6-18-12(17)8(3)13-11(16)10-7(2)14-15(5)9(10)4/h8H,6H2,1-5H3,(H,13,16). The lowest BCUT2D eigenvalue weighted by Gasteiger charge is -2.12. The highest BCUT2D eigenvalue weighted by atomic mass is 16.5. The summed E-state index contributed by atoms with van der Waals surface area (Å²) >= 11 is 0. The lowest BCUT2D eigenvalue weighted by Crippen LogP contribution is -2.39. The van der Waals surface area contributed by atoms with Crippen molar-refractivity contribution in [2.75, 3.05) is 6.61 Å². The van der Waals surface area contributed by atoms with E-state index in [9.17, 15) is 9.59 Å². The maximum atomic E-state index is 12.0. The summed E-state index contributed by atoms with van der Waals surface area (Å²) in [5, 5.41) is 6.77. The van der Waals surface area contributed by atoms with Crippen LogP contribution in [0.15, 0.2) is 0 Å². The van der Waals surface area contributed by atoms with Crippen molar-refractivity contribution < 1.29 is 14.3 Å². The number of ether oxygens (including phenoxy) is 1. The molecule has 0 aliphatic carbocycles. The number of nitrogens with one attached hydrogen (secondary N) is 1. The number of hydrogen-bond acceptors (Lipinski definition) is 4.